The van der Waals surface area contributed by atoms with Crippen molar-refractivity contribution in [2.75, 3.05) is 28.0 Å². The molecule has 1 aliphatic rings. The van der Waals surface area contributed by atoms with E-state index in [2.05, 4.69) is 24.9 Å². The normalized spacial score (nSPS) is 14.0. The largest absolute Gasteiger partial charge is 0.356 e. The highest BCUT2D eigenvalue weighted by molar-refractivity contribution is 7.92. The molecule has 162 valence electrons. The molecule has 1 aliphatic heterocycles. The van der Waals surface area contributed by atoms with Gasteiger partial charge in [-0.3, -0.25) is 4.72 Å². The van der Waals surface area contributed by atoms with Crippen LogP contribution in [0.5, 0.6) is 0 Å². The Bertz CT molecular complexity index is 1190. The first-order valence-electron chi connectivity index (χ1n) is 10.4. The molecule has 0 aliphatic carbocycles. The second-order valence-corrected chi connectivity index (χ2v) is 9.59. The first kappa shape index (κ1) is 21.1. The summed E-state index contributed by atoms with van der Waals surface area (Å²) in [4.78, 5) is 11.5. The molecule has 4 rings (SSSR count). The van der Waals surface area contributed by atoms with Gasteiger partial charge in [0.15, 0.2) is 0 Å². The number of aromatic nitrogens is 2. The Morgan fingerprint density at radius 1 is 0.839 bits per heavy atom. The lowest BCUT2D eigenvalue weighted by Gasteiger charge is -2.18. The lowest BCUT2D eigenvalue weighted by Crippen LogP contribution is -2.19. The molecule has 2 aromatic carbocycles. The Morgan fingerprint density at radius 3 is 2.19 bits per heavy atom. The second-order valence-electron chi connectivity index (χ2n) is 7.91. The number of aryl methyl sites for hydroxylation is 3. The van der Waals surface area contributed by atoms with Crippen molar-refractivity contribution in [3.05, 3.63) is 65.5 Å². The molecule has 31 heavy (non-hydrogen) atoms. The van der Waals surface area contributed by atoms with E-state index < -0.39 is 10.0 Å². The van der Waals surface area contributed by atoms with Crippen molar-refractivity contribution in [3.8, 4) is 0 Å². The number of anilines is 4. The third-order valence-electron chi connectivity index (χ3n) is 5.45. The van der Waals surface area contributed by atoms with Gasteiger partial charge >= 0.3 is 0 Å². The van der Waals surface area contributed by atoms with E-state index in [1.165, 1.54) is 12.8 Å². The van der Waals surface area contributed by atoms with Gasteiger partial charge in [0.1, 0.15) is 17.5 Å². The predicted octanol–water partition coefficient (Wildman–Crippen LogP) is 4.55. The van der Waals surface area contributed by atoms with Gasteiger partial charge in [-0.2, -0.15) is 0 Å². The van der Waals surface area contributed by atoms with Crippen molar-refractivity contribution < 1.29 is 8.42 Å². The molecule has 2 heterocycles. The molecule has 8 heteroatoms. The average molecular weight is 438 g/mol. The number of rotatable bonds is 6. The van der Waals surface area contributed by atoms with Crippen molar-refractivity contribution in [1.29, 1.82) is 0 Å². The molecule has 0 atom stereocenters. The summed E-state index contributed by atoms with van der Waals surface area (Å²) in [7, 11) is -3.64. The average Bonchev–Trinajstić information content (AvgIpc) is 3.26. The van der Waals surface area contributed by atoms with Gasteiger partial charge < -0.3 is 10.2 Å². The number of nitrogens with zero attached hydrogens (tertiary/aromatic N) is 3. The molecule has 1 saturated heterocycles. The van der Waals surface area contributed by atoms with Crippen LogP contribution in [0.25, 0.3) is 0 Å². The molecular formula is C23H27N5O2S. The predicted molar refractivity (Wildman–Crippen MR) is 125 cm³/mol. The van der Waals surface area contributed by atoms with E-state index in [0.717, 1.165) is 41.5 Å². The SMILES string of the molecule is Cc1nc(Nc2ccc(NS(=O)(=O)c3ccc(C)c(C)c3)cc2)cc(N2CCCC2)n1. The van der Waals surface area contributed by atoms with Gasteiger partial charge in [0.2, 0.25) is 0 Å². The maximum atomic E-state index is 12.7. The van der Waals surface area contributed by atoms with Crippen LogP contribution in [0.4, 0.5) is 23.0 Å². The summed E-state index contributed by atoms with van der Waals surface area (Å²) in [6.07, 6.45) is 2.37. The number of benzene rings is 2. The fraction of sp³-hybridized carbons (Fsp3) is 0.304. The van der Waals surface area contributed by atoms with Crippen molar-refractivity contribution in [2.24, 2.45) is 0 Å². The van der Waals surface area contributed by atoms with Crippen molar-refractivity contribution >= 4 is 33.0 Å². The molecule has 2 N–H and O–H groups in total. The van der Waals surface area contributed by atoms with E-state index in [-0.39, 0.29) is 4.90 Å². The number of nitrogens with one attached hydrogen (secondary N) is 2. The Morgan fingerprint density at radius 2 is 1.52 bits per heavy atom. The van der Waals surface area contributed by atoms with Crippen LogP contribution in [0.2, 0.25) is 0 Å². The van der Waals surface area contributed by atoms with Crippen molar-refractivity contribution in [3.63, 3.8) is 0 Å². The zero-order valence-corrected chi connectivity index (χ0v) is 18.8. The summed E-state index contributed by atoms with van der Waals surface area (Å²) in [6, 6.07) is 14.2. The second kappa shape index (κ2) is 8.55. The number of hydrogen-bond acceptors (Lipinski definition) is 6. The van der Waals surface area contributed by atoms with Crippen LogP contribution in [0.15, 0.2) is 53.4 Å². The third kappa shape index (κ3) is 4.96. The van der Waals surface area contributed by atoms with Crippen LogP contribution in [0.1, 0.15) is 29.8 Å². The topological polar surface area (TPSA) is 87.2 Å². The van der Waals surface area contributed by atoms with Gasteiger partial charge in [-0.05, 0) is 81.1 Å². The molecule has 0 amide bonds. The highest BCUT2D eigenvalue weighted by Gasteiger charge is 2.16. The summed E-state index contributed by atoms with van der Waals surface area (Å²) in [5, 5.41) is 3.29. The van der Waals surface area contributed by atoms with Gasteiger partial charge in [0.05, 0.1) is 4.90 Å². The number of sulfonamides is 1. The van der Waals surface area contributed by atoms with E-state index in [0.29, 0.717) is 11.5 Å². The summed E-state index contributed by atoms with van der Waals surface area (Å²) in [6.45, 7) is 7.78. The molecular weight excluding hydrogens is 410 g/mol. The van der Waals surface area contributed by atoms with E-state index in [9.17, 15) is 8.42 Å². The molecule has 1 aromatic heterocycles. The minimum Gasteiger partial charge on any atom is -0.356 e. The molecule has 0 saturated carbocycles. The monoisotopic (exact) mass is 437 g/mol. The smallest absolute Gasteiger partial charge is 0.261 e. The number of hydrogen-bond donors (Lipinski definition) is 2. The van der Waals surface area contributed by atoms with E-state index in [1.807, 2.05) is 45.0 Å². The molecule has 7 nitrogen and oxygen atoms in total. The standard InChI is InChI=1S/C23H27N5O2S/c1-16-6-11-21(14-17(16)2)31(29,30)27-20-9-7-19(8-10-20)26-22-15-23(25-18(3)24-22)28-12-4-5-13-28/h6-11,14-15,27H,4-5,12-13H2,1-3H3,(H,24,25,26). The summed E-state index contributed by atoms with van der Waals surface area (Å²) >= 11 is 0. The molecule has 1 fully saturated rings. The fourth-order valence-electron chi connectivity index (χ4n) is 3.59. The molecule has 0 radical (unpaired) electrons. The molecule has 0 spiro atoms. The quantitative estimate of drug-likeness (QED) is 0.588. The van der Waals surface area contributed by atoms with Gasteiger partial charge in [-0.1, -0.05) is 6.07 Å². The highest BCUT2D eigenvalue weighted by atomic mass is 32.2. The summed E-state index contributed by atoms with van der Waals surface area (Å²) in [5.41, 5.74) is 3.32. The summed E-state index contributed by atoms with van der Waals surface area (Å²) < 4.78 is 28.0. The zero-order valence-electron chi connectivity index (χ0n) is 18.0. The van der Waals surface area contributed by atoms with Crippen LogP contribution < -0.4 is 14.9 Å². The lowest BCUT2D eigenvalue weighted by molar-refractivity contribution is 0.601. The maximum absolute atomic E-state index is 12.7. The molecule has 0 unspecified atom stereocenters. The Hall–Kier alpha value is -3.13. The third-order valence-corrected chi connectivity index (χ3v) is 6.83. The Balaban J connectivity index is 1.48. The molecule has 3 aromatic rings. The highest BCUT2D eigenvalue weighted by Crippen LogP contribution is 2.24. The minimum absolute atomic E-state index is 0.253. The van der Waals surface area contributed by atoms with Gasteiger partial charge in [-0.15, -0.1) is 0 Å². The zero-order chi connectivity index (χ0) is 22.0. The van der Waals surface area contributed by atoms with Crippen LogP contribution in [0.3, 0.4) is 0 Å². The van der Waals surface area contributed by atoms with Gasteiger partial charge in [-0.25, -0.2) is 18.4 Å². The minimum atomic E-state index is -3.64. The maximum Gasteiger partial charge on any atom is 0.261 e. The van der Waals surface area contributed by atoms with Gasteiger partial charge in [0, 0.05) is 30.5 Å². The van der Waals surface area contributed by atoms with Crippen molar-refractivity contribution in [1.82, 2.24) is 9.97 Å². The van der Waals surface area contributed by atoms with Gasteiger partial charge in [0.25, 0.3) is 10.0 Å². The summed E-state index contributed by atoms with van der Waals surface area (Å²) in [5.74, 6) is 2.37. The molecule has 0 bridgehead atoms. The van der Waals surface area contributed by atoms with E-state index in [1.54, 1.807) is 24.3 Å². The van der Waals surface area contributed by atoms with E-state index in [4.69, 9.17) is 0 Å². The van der Waals surface area contributed by atoms with Crippen molar-refractivity contribution in [2.45, 2.75) is 38.5 Å². The van der Waals surface area contributed by atoms with Crippen LogP contribution in [0, 0.1) is 20.8 Å². The first-order chi connectivity index (χ1) is 14.8. The Labute approximate surface area is 183 Å². The van der Waals surface area contributed by atoms with Crippen LogP contribution >= 0.6 is 0 Å². The van der Waals surface area contributed by atoms with Crippen LogP contribution in [-0.4, -0.2) is 31.5 Å². The van der Waals surface area contributed by atoms with E-state index >= 15 is 0 Å². The van der Waals surface area contributed by atoms with Crippen LogP contribution in [-0.2, 0) is 10.0 Å². The fourth-order valence-corrected chi connectivity index (χ4v) is 4.73. The Kier molecular flexibility index (Phi) is 5.82. The lowest BCUT2D eigenvalue weighted by atomic mass is 10.1. The first-order valence-corrected chi connectivity index (χ1v) is 11.9.